The second-order valence-electron chi connectivity index (χ2n) is 6.44. The van der Waals surface area contributed by atoms with E-state index in [2.05, 4.69) is 10.3 Å². The van der Waals surface area contributed by atoms with Crippen LogP contribution in [-0.2, 0) is 4.79 Å². The number of hydrogen-bond donors (Lipinski definition) is 1. The summed E-state index contributed by atoms with van der Waals surface area (Å²) < 4.78 is 5.92. The van der Waals surface area contributed by atoms with Crippen LogP contribution in [0, 0.1) is 0 Å². The van der Waals surface area contributed by atoms with Crippen molar-refractivity contribution in [3.8, 4) is 5.75 Å². The predicted octanol–water partition coefficient (Wildman–Crippen LogP) is 3.67. The number of para-hydroxylation sites is 2. The number of hydrogen-bond acceptors (Lipinski definition) is 5. The molecule has 2 aromatic heterocycles. The summed E-state index contributed by atoms with van der Waals surface area (Å²) in [5.41, 5.74) is 2.24. The molecule has 0 saturated heterocycles. The van der Waals surface area contributed by atoms with E-state index in [1.165, 1.54) is 18.3 Å². The number of alkyl halides is 3. The number of ether oxygens (including phenoxy) is 1. The quantitative estimate of drug-likeness (QED) is 0.356. The zero-order valence-corrected chi connectivity index (χ0v) is 18.5. The van der Waals surface area contributed by atoms with Crippen LogP contribution in [0.3, 0.4) is 0 Å². The van der Waals surface area contributed by atoms with Crippen LogP contribution in [0.25, 0.3) is 22.1 Å². The maximum absolute atomic E-state index is 12.8. The zero-order valence-electron chi connectivity index (χ0n) is 15.4. The first-order valence-electron chi connectivity index (χ1n) is 8.74. The minimum absolute atomic E-state index is 0.119. The summed E-state index contributed by atoms with van der Waals surface area (Å²) >= 11 is 18.9. The number of nitrogens with zero attached hydrogens (tertiary/aromatic N) is 2. The highest BCUT2D eigenvalue weighted by molar-refractivity contribution is 7.15. The number of halogens is 3. The van der Waals surface area contributed by atoms with Crippen LogP contribution in [0.15, 0.2) is 53.3 Å². The molecule has 2 aromatic carbocycles. The molecule has 4 aromatic rings. The molecule has 0 fully saturated rings. The van der Waals surface area contributed by atoms with E-state index in [1.807, 2.05) is 24.3 Å². The fourth-order valence-electron chi connectivity index (χ4n) is 2.90. The predicted molar refractivity (Wildman–Crippen MR) is 121 cm³/mol. The molecule has 1 unspecified atom stereocenters. The minimum Gasteiger partial charge on any atom is -0.466 e. The van der Waals surface area contributed by atoms with Gasteiger partial charge in [-0.2, -0.15) is 0 Å². The molecule has 4 rings (SSSR count). The lowest BCUT2D eigenvalue weighted by Crippen LogP contribution is -2.47. The third-order valence-corrected chi connectivity index (χ3v) is 5.77. The van der Waals surface area contributed by atoms with Crippen molar-refractivity contribution in [2.45, 2.75) is 16.9 Å². The Morgan fingerprint density at radius 3 is 2.57 bits per heavy atom. The molecule has 0 aliphatic heterocycles. The average Bonchev–Trinajstić information content (AvgIpc) is 3.18. The lowest BCUT2D eigenvalue weighted by Gasteiger charge is -2.25. The number of fused-ring (bicyclic) bond motifs is 3. The Labute approximate surface area is 189 Å². The van der Waals surface area contributed by atoms with Gasteiger partial charge in [0.15, 0.2) is 4.96 Å². The SMILES string of the molecule is CC(=O)NC(Oc1ccc(/C=c2\sc3nc4ccccc4n3c2=O)cc1)C(Cl)(Cl)Cl. The highest BCUT2D eigenvalue weighted by Crippen LogP contribution is 2.32. The maximum Gasteiger partial charge on any atom is 0.274 e. The maximum atomic E-state index is 12.8. The minimum atomic E-state index is -1.84. The Hall–Kier alpha value is -2.32. The molecule has 1 amide bonds. The lowest BCUT2D eigenvalue weighted by atomic mass is 10.2. The van der Waals surface area contributed by atoms with Gasteiger partial charge in [-0.1, -0.05) is 70.4 Å². The number of aromatic nitrogens is 2. The Bertz CT molecular complexity index is 1340. The van der Waals surface area contributed by atoms with Crippen molar-refractivity contribution in [2.24, 2.45) is 0 Å². The smallest absolute Gasteiger partial charge is 0.274 e. The monoisotopic (exact) mass is 481 g/mol. The van der Waals surface area contributed by atoms with Crippen molar-refractivity contribution >= 4 is 74.1 Å². The summed E-state index contributed by atoms with van der Waals surface area (Å²) in [5.74, 6) is 0.000957. The number of thiazole rings is 1. The molecular formula is C20H14Cl3N3O3S. The molecule has 0 aliphatic rings. The van der Waals surface area contributed by atoms with Crippen LogP contribution in [0.4, 0.5) is 0 Å². The van der Waals surface area contributed by atoms with Crippen molar-refractivity contribution < 1.29 is 9.53 Å². The molecular weight excluding hydrogens is 469 g/mol. The van der Waals surface area contributed by atoms with E-state index >= 15 is 0 Å². The van der Waals surface area contributed by atoms with Gasteiger partial charge in [0.05, 0.1) is 15.6 Å². The number of benzene rings is 2. The van der Waals surface area contributed by atoms with Crippen LogP contribution in [0.2, 0.25) is 0 Å². The molecule has 1 N–H and O–H groups in total. The van der Waals surface area contributed by atoms with E-state index in [0.717, 1.165) is 16.6 Å². The van der Waals surface area contributed by atoms with Gasteiger partial charge in [-0.3, -0.25) is 9.59 Å². The van der Waals surface area contributed by atoms with Crippen molar-refractivity contribution in [1.29, 1.82) is 0 Å². The number of amides is 1. The molecule has 0 saturated carbocycles. The normalized spacial score (nSPS) is 13.7. The fourth-order valence-corrected chi connectivity index (χ4v) is 4.19. The number of carbonyl (C=O) groups excluding carboxylic acids is 1. The van der Waals surface area contributed by atoms with Crippen molar-refractivity contribution in [3.63, 3.8) is 0 Å². The van der Waals surface area contributed by atoms with Gasteiger partial charge < -0.3 is 10.1 Å². The van der Waals surface area contributed by atoms with Crippen molar-refractivity contribution in [1.82, 2.24) is 14.7 Å². The van der Waals surface area contributed by atoms with E-state index in [1.54, 1.807) is 34.7 Å². The van der Waals surface area contributed by atoms with Gasteiger partial charge in [0, 0.05) is 6.92 Å². The first-order chi connectivity index (χ1) is 14.2. The largest absolute Gasteiger partial charge is 0.466 e. The van der Waals surface area contributed by atoms with Crippen molar-refractivity contribution in [2.75, 3.05) is 0 Å². The molecule has 2 heterocycles. The summed E-state index contributed by atoms with van der Waals surface area (Å²) in [6, 6.07) is 14.4. The second-order valence-corrected chi connectivity index (χ2v) is 9.82. The lowest BCUT2D eigenvalue weighted by molar-refractivity contribution is -0.121. The van der Waals surface area contributed by atoms with Crippen LogP contribution in [0.5, 0.6) is 5.75 Å². The van der Waals surface area contributed by atoms with E-state index in [-0.39, 0.29) is 5.56 Å². The highest BCUT2D eigenvalue weighted by Gasteiger charge is 2.35. The molecule has 0 aliphatic carbocycles. The first kappa shape index (κ1) is 20.9. The zero-order chi connectivity index (χ0) is 21.5. The number of nitrogens with one attached hydrogen (secondary N) is 1. The van der Waals surface area contributed by atoms with E-state index in [0.29, 0.717) is 15.2 Å². The standard InChI is InChI=1S/C20H14Cl3N3O3S/c1-11(27)24-18(20(21,22)23)29-13-8-6-12(7-9-13)10-16-17(28)26-15-5-3-2-4-14(15)25-19(26)30-16/h2-10,18H,1H3,(H,24,27)/b16-10-. The molecule has 10 heteroatoms. The average molecular weight is 483 g/mol. The number of imidazole rings is 1. The Balaban J connectivity index is 1.63. The van der Waals surface area contributed by atoms with Gasteiger partial charge in [0.1, 0.15) is 5.75 Å². The van der Waals surface area contributed by atoms with E-state index in [9.17, 15) is 9.59 Å². The number of rotatable bonds is 4. The molecule has 30 heavy (non-hydrogen) atoms. The van der Waals surface area contributed by atoms with Crippen LogP contribution in [0.1, 0.15) is 12.5 Å². The highest BCUT2D eigenvalue weighted by atomic mass is 35.6. The molecule has 1 atom stereocenters. The summed E-state index contributed by atoms with van der Waals surface area (Å²) in [6.07, 6.45) is 0.627. The van der Waals surface area contributed by atoms with Gasteiger partial charge >= 0.3 is 0 Å². The molecule has 0 spiro atoms. The molecule has 0 bridgehead atoms. The van der Waals surface area contributed by atoms with E-state index < -0.39 is 15.9 Å². The van der Waals surface area contributed by atoms with Gasteiger partial charge in [-0.25, -0.2) is 9.38 Å². The van der Waals surface area contributed by atoms with Gasteiger partial charge in [-0.05, 0) is 35.9 Å². The summed E-state index contributed by atoms with van der Waals surface area (Å²) in [7, 11) is 0. The Morgan fingerprint density at radius 2 is 1.90 bits per heavy atom. The van der Waals surface area contributed by atoms with Crippen LogP contribution < -0.4 is 20.1 Å². The third-order valence-electron chi connectivity index (χ3n) is 4.21. The van der Waals surface area contributed by atoms with Gasteiger partial charge in [0.2, 0.25) is 15.9 Å². The molecule has 6 nitrogen and oxygen atoms in total. The first-order valence-corrected chi connectivity index (χ1v) is 10.7. The fraction of sp³-hybridized carbons (Fsp3) is 0.150. The summed E-state index contributed by atoms with van der Waals surface area (Å²) in [5, 5.41) is 2.44. The summed E-state index contributed by atoms with van der Waals surface area (Å²) in [6.45, 7) is 1.30. The van der Waals surface area contributed by atoms with E-state index in [4.69, 9.17) is 39.5 Å². The Kier molecular flexibility index (Phi) is 5.63. The third kappa shape index (κ3) is 4.25. The van der Waals surface area contributed by atoms with Gasteiger partial charge in [0.25, 0.3) is 5.56 Å². The van der Waals surface area contributed by atoms with Gasteiger partial charge in [-0.15, -0.1) is 0 Å². The van der Waals surface area contributed by atoms with Crippen LogP contribution >= 0.6 is 46.1 Å². The Morgan fingerprint density at radius 1 is 1.20 bits per heavy atom. The second kappa shape index (κ2) is 8.07. The molecule has 154 valence electrons. The van der Waals surface area contributed by atoms with Crippen molar-refractivity contribution in [3.05, 3.63) is 69.0 Å². The topological polar surface area (TPSA) is 72.7 Å². The number of carbonyl (C=O) groups is 1. The molecule has 0 radical (unpaired) electrons. The summed E-state index contributed by atoms with van der Waals surface area (Å²) in [4.78, 5) is 29.3. The van der Waals surface area contributed by atoms with Crippen LogP contribution in [-0.4, -0.2) is 25.3 Å².